The summed E-state index contributed by atoms with van der Waals surface area (Å²) in [5.41, 5.74) is 1.28. The van der Waals surface area contributed by atoms with Crippen molar-refractivity contribution in [2.24, 2.45) is 0 Å². The van der Waals surface area contributed by atoms with Gasteiger partial charge in [0.15, 0.2) is 0 Å². The largest absolute Gasteiger partial charge is 0.493 e. The van der Waals surface area contributed by atoms with Crippen LogP contribution in [0.5, 0.6) is 5.75 Å². The van der Waals surface area contributed by atoms with Gasteiger partial charge in [-0.25, -0.2) is 0 Å². The first-order chi connectivity index (χ1) is 8.27. The monoisotopic (exact) mass is 234 g/mol. The maximum Gasteiger partial charge on any atom is 0.216 e. The van der Waals surface area contributed by atoms with E-state index in [2.05, 4.69) is 16.7 Å². The molecule has 4 heteroatoms. The number of nitrogens with one attached hydrogen (secondary N) is 2. The van der Waals surface area contributed by atoms with Crippen LogP contribution >= 0.6 is 0 Å². The van der Waals surface area contributed by atoms with Crippen LogP contribution in [-0.4, -0.2) is 32.1 Å². The zero-order chi connectivity index (χ0) is 12.1. The summed E-state index contributed by atoms with van der Waals surface area (Å²) in [4.78, 5) is 10.7. The molecular formula is C13H18N2O2. The first-order valence-corrected chi connectivity index (χ1v) is 5.94. The zero-order valence-corrected chi connectivity index (χ0v) is 10.0. The van der Waals surface area contributed by atoms with Crippen LogP contribution in [-0.2, 0) is 4.79 Å². The van der Waals surface area contributed by atoms with Crippen molar-refractivity contribution in [2.45, 2.75) is 12.8 Å². The molecule has 1 aliphatic rings. The van der Waals surface area contributed by atoms with Crippen LogP contribution < -0.4 is 15.4 Å². The predicted octanol–water partition coefficient (Wildman–Crippen LogP) is 0.888. The third-order valence-corrected chi connectivity index (χ3v) is 2.87. The Bertz CT molecular complexity index is 393. The Kier molecular flexibility index (Phi) is 3.98. The highest BCUT2D eigenvalue weighted by Gasteiger charge is 2.22. The van der Waals surface area contributed by atoms with Crippen LogP contribution in [0, 0.1) is 0 Å². The predicted molar refractivity (Wildman–Crippen MR) is 66.2 cm³/mol. The summed E-state index contributed by atoms with van der Waals surface area (Å²) in [5, 5.41) is 6.09. The van der Waals surface area contributed by atoms with Crippen LogP contribution in [0.15, 0.2) is 24.3 Å². The van der Waals surface area contributed by atoms with Gasteiger partial charge in [0.25, 0.3) is 0 Å². The molecule has 0 saturated heterocycles. The molecule has 1 atom stereocenters. The Morgan fingerprint density at radius 2 is 2.24 bits per heavy atom. The van der Waals surface area contributed by atoms with Crippen LogP contribution in [0.4, 0.5) is 0 Å². The van der Waals surface area contributed by atoms with E-state index >= 15 is 0 Å². The van der Waals surface area contributed by atoms with E-state index in [0.717, 1.165) is 25.4 Å². The number of ether oxygens (including phenoxy) is 1. The molecule has 1 unspecified atom stereocenters. The minimum atomic E-state index is 0.0151. The summed E-state index contributed by atoms with van der Waals surface area (Å²) in [7, 11) is 0. The second-order valence-corrected chi connectivity index (χ2v) is 4.23. The molecule has 0 fully saturated rings. The van der Waals surface area contributed by atoms with Crippen molar-refractivity contribution < 1.29 is 9.53 Å². The van der Waals surface area contributed by atoms with E-state index in [1.54, 1.807) is 0 Å². The molecule has 0 aliphatic carbocycles. The second kappa shape index (κ2) is 5.68. The minimum Gasteiger partial charge on any atom is -0.493 e. The van der Waals surface area contributed by atoms with Gasteiger partial charge in [-0.2, -0.15) is 0 Å². The number of hydrogen-bond acceptors (Lipinski definition) is 3. The number of benzene rings is 1. The molecule has 1 aromatic carbocycles. The van der Waals surface area contributed by atoms with Gasteiger partial charge in [0.1, 0.15) is 5.75 Å². The van der Waals surface area contributed by atoms with Gasteiger partial charge >= 0.3 is 0 Å². The summed E-state index contributed by atoms with van der Waals surface area (Å²) < 4.78 is 5.60. The smallest absolute Gasteiger partial charge is 0.216 e. The summed E-state index contributed by atoms with van der Waals surface area (Å²) in [6.45, 7) is 4.62. The fourth-order valence-electron chi connectivity index (χ4n) is 2.00. The third kappa shape index (κ3) is 3.20. The van der Waals surface area contributed by atoms with E-state index in [9.17, 15) is 4.79 Å². The van der Waals surface area contributed by atoms with Gasteiger partial charge in [-0.15, -0.1) is 0 Å². The molecule has 1 heterocycles. The molecule has 17 heavy (non-hydrogen) atoms. The number of hydrogen-bond donors (Lipinski definition) is 2. The van der Waals surface area contributed by atoms with Crippen molar-refractivity contribution in [3.8, 4) is 5.75 Å². The van der Waals surface area contributed by atoms with Gasteiger partial charge in [0, 0.05) is 38.0 Å². The Labute approximate surface area is 101 Å². The minimum absolute atomic E-state index is 0.0151. The zero-order valence-electron chi connectivity index (χ0n) is 10.0. The van der Waals surface area contributed by atoms with Crippen molar-refractivity contribution >= 4 is 5.91 Å². The Hall–Kier alpha value is -1.55. The summed E-state index contributed by atoms with van der Waals surface area (Å²) in [6, 6.07) is 8.15. The maximum atomic E-state index is 10.7. The molecule has 4 nitrogen and oxygen atoms in total. The standard InChI is InChI=1S/C13H18N2O2/c1-10(16)15-7-6-14-8-11-9-17-13-5-3-2-4-12(11)13/h2-5,11,14H,6-9H2,1H3,(H,15,16). The highest BCUT2D eigenvalue weighted by molar-refractivity contribution is 5.72. The van der Waals surface area contributed by atoms with Crippen LogP contribution in [0.3, 0.4) is 0 Å². The Balaban J connectivity index is 1.73. The Morgan fingerprint density at radius 3 is 3.06 bits per heavy atom. The Morgan fingerprint density at radius 1 is 1.41 bits per heavy atom. The molecule has 2 N–H and O–H groups in total. The normalized spacial score (nSPS) is 17.4. The number of carbonyl (C=O) groups is 1. The molecule has 0 saturated carbocycles. The topological polar surface area (TPSA) is 50.4 Å². The SMILES string of the molecule is CC(=O)NCCNCC1COc2ccccc21. The van der Waals surface area contributed by atoms with Crippen LogP contribution in [0.25, 0.3) is 0 Å². The lowest BCUT2D eigenvalue weighted by molar-refractivity contribution is -0.118. The van der Waals surface area contributed by atoms with Crippen LogP contribution in [0.2, 0.25) is 0 Å². The molecule has 2 rings (SSSR count). The van der Waals surface area contributed by atoms with Gasteiger partial charge in [-0.05, 0) is 6.07 Å². The third-order valence-electron chi connectivity index (χ3n) is 2.87. The summed E-state index contributed by atoms with van der Waals surface area (Å²) >= 11 is 0. The van der Waals surface area contributed by atoms with Crippen LogP contribution in [0.1, 0.15) is 18.4 Å². The molecule has 92 valence electrons. The highest BCUT2D eigenvalue weighted by atomic mass is 16.5. The molecule has 1 aliphatic heterocycles. The van der Waals surface area contributed by atoms with Gasteiger partial charge in [0.05, 0.1) is 6.61 Å². The van der Waals surface area contributed by atoms with Crippen molar-refractivity contribution in [1.82, 2.24) is 10.6 Å². The lowest BCUT2D eigenvalue weighted by Gasteiger charge is -2.10. The van der Waals surface area contributed by atoms with Crippen molar-refractivity contribution in [3.05, 3.63) is 29.8 Å². The number of para-hydroxylation sites is 1. The van der Waals surface area contributed by atoms with Gasteiger partial charge in [-0.1, -0.05) is 18.2 Å². The highest BCUT2D eigenvalue weighted by Crippen LogP contribution is 2.32. The molecule has 0 spiro atoms. The molecule has 0 radical (unpaired) electrons. The van der Waals surface area contributed by atoms with Gasteiger partial charge < -0.3 is 15.4 Å². The molecule has 1 amide bonds. The lowest BCUT2D eigenvalue weighted by Crippen LogP contribution is -2.32. The molecule has 1 aromatic rings. The van der Waals surface area contributed by atoms with E-state index in [1.807, 2.05) is 18.2 Å². The van der Waals surface area contributed by atoms with E-state index in [1.165, 1.54) is 12.5 Å². The molecular weight excluding hydrogens is 216 g/mol. The fraction of sp³-hybridized carbons (Fsp3) is 0.462. The quantitative estimate of drug-likeness (QED) is 0.744. The van der Waals surface area contributed by atoms with Crippen molar-refractivity contribution in [3.63, 3.8) is 0 Å². The number of amides is 1. The number of fused-ring (bicyclic) bond motifs is 1. The number of carbonyl (C=O) groups excluding carboxylic acids is 1. The maximum absolute atomic E-state index is 10.7. The first kappa shape index (κ1) is 11.9. The average Bonchev–Trinajstić information content (AvgIpc) is 2.72. The van der Waals surface area contributed by atoms with Crippen molar-refractivity contribution in [2.75, 3.05) is 26.2 Å². The van der Waals surface area contributed by atoms with Crippen molar-refractivity contribution in [1.29, 1.82) is 0 Å². The molecule has 0 bridgehead atoms. The average molecular weight is 234 g/mol. The van der Waals surface area contributed by atoms with E-state index < -0.39 is 0 Å². The second-order valence-electron chi connectivity index (χ2n) is 4.23. The van der Waals surface area contributed by atoms with Gasteiger partial charge in [0.2, 0.25) is 5.91 Å². The van der Waals surface area contributed by atoms with Gasteiger partial charge in [-0.3, -0.25) is 4.79 Å². The van der Waals surface area contributed by atoms with E-state index in [4.69, 9.17) is 4.74 Å². The van der Waals surface area contributed by atoms with E-state index in [0.29, 0.717) is 12.5 Å². The number of rotatable bonds is 5. The summed E-state index contributed by atoms with van der Waals surface area (Å²) in [6.07, 6.45) is 0. The summed E-state index contributed by atoms with van der Waals surface area (Å²) in [5.74, 6) is 1.44. The van der Waals surface area contributed by atoms with E-state index in [-0.39, 0.29) is 5.91 Å². The first-order valence-electron chi connectivity index (χ1n) is 5.94. The molecule has 0 aromatic heterocycles. The lowest BCUT2D eigenvalue weighted by atomic mass is 10.0. The fourth-order valence-corrected chi connectivity index (χ4v) is 2.00.